The highest BCUT2D eigenvalue weighted by atomic mass is 16.5. The fourth-order valence-corrected chi connectivity index (χ4v) is 2.43. The number of aliphatic hydroxyl groups is 1. The average Bonchev–Trinajstić information content (AvgIpc) is 2.83. The minimum Gasteiger partial charge on any atom is -0.493 e. The molecule has 2 aromatic rings. The number of ether oxygens (including phenoxy) is 1. The molecule has 1 aromatic carbocycles. The molecule has 2 rings (SSSR count). The van der Waals surface area contributed by atoms with Crippen molar-refractivity contribution in [3.63, 3.8) is 0 Å². The molecule has 1 aromatic heterocycles. The number of rotatable bonds is 4. The molecule has 0 saturated carbocycles. The van der Waals surface area contributed by atoms with Crippen LogP contribution in [0.25, 0.3) is 0 Å². The van der Waals surface area contributed by atoms with Gasteiger partial charge in [0.25, 0.3) is 0 Å². The second-order valence-electron chi connectivity index (χ2n) is 5.54. The zero-order chi connectivity index (χ0) is 14.9. The fourth-order valence-electron chi connectivity index (χ4n) is 2.43. The second kappa shape index (κ2) is 5.29. The Bertz CT molecular complexity index is 600. The van der Waals surface area contributed by atoms with Gasteiger partial charge in [0.2, 0.25) is 0 Å². The molecular weight excluding hydrogens is 252 g/mol. The van der Waals surface area contributed by atoms with Crippen LogP contribution in [0.4, 0.5) is 0 Å². The van der Waals surface area contributed by atoms with Crippen molar-refractivity contribution in [3.05, 3.63) is 47.3 Å². The van der Waals surface area contributed by atoms with Gasteiger partial charge in [-0.3, -0.25) is 4.68 Å². The minimum absolute atomic E-state index is 0.144. The Labute approximate surface area is 120 Å². The molecule has 0 radical (unpaired) electrons. The first-order valence-electron chi connectivity index (χ1n) is 6.79. The van der Waals surface area contributed by atoms with Crippen molar-refractivity contribution in [1.82, 2.24) is 9.78 Å². The summed E-state index contributed by atoms with van der Waals surface area (Å²) in [7, 11) is 1.59. The van der Waals surface area contributed by atoms with E-state index in [0.29, 0.717) is 11.4 Å². The quantitative estimate of drug-likeness (QED) is 0.932. The van der Waals surface area contributed by atoms with Gasteiger partial charge in [-0.1, -0.05) is 29.8 Å². The van der Waals surface area contributed by atoms with Crippen molar-refractivity contribution in [2.45, 2.75) is 39.3 Å². The van der Waals surface area contributed by atoms with E-state index in [-0.39, 0.29) is 6.04 Å². The van der Waals surface area contributed by atoms with Gasteiger partial charge < -0.3 is 9.84 Å². The second-order valence-corrected chi connectivity index (χ2v) is 5.54. The van der Waals surface area contributed by atoms with Crippen LogP contribution >= 0.6 is 0 Å². The summed E-state index contributed by atoms with van der Waals surface area (Å²) in [5.74, 6) is 0.602. The maximum atomic E-state index is 11.1. The summed E-state index contributed by atoms with van der Waals surface area (Å²) >= 11 is 0. The van der Waals surface area contributed by atoms with Crippen LogP contribution in [0, 0.1) is 6.92 Å². The number of aryl methyl sites for hydroxylation is 1. The summed E-state index contributed by atoms with van der Waals surface area (Å²) in [5, 5.41) is 15.4. The van der Waals surface area contributed by atoms with Crippen LogP contribution in [0.15, 0.2) is 30.5 Å². The van der Waals surface area contributed by atoms with Crippen molar-refractivity contribution in [2.75, 3.05) is 7.11 Å². The van der Waals surface area contributed by atoms with Gasteiger partial charge in [-0.15, -0.1) is 0 Å². The molecule has 1 unspecified atom stereocenters. The zero-order valence-electron chi connectivity index (χ0n) is 12.7. The maximum Gasteiger partial charge on any atom is 0.163 e. The van der Waals surface area contributed by atoms with E-state index in [1.54, 1.807) is 24.9 Å². The number of benzene rings is 1. The average molecular weight is 274 g/mol. The molecule has 0 spiro atoms. The maximum absolute atomic E-state index is 11.1. The van der Waals surface area contributed by atoms with Crippen LogP contribution in [-0.2, 0) is 5.60 Å². The third-order valence-electron chi connectivity index (χ3n) is 3.51. The molecule has 108 valence electrons. The highest BCUT2D eigenvalue weighted by Gasteiger charge is 2.34. The van der Waals surface area contributed by atoms with Crippen molar-refractivity contribution in [2.24, 2.45) is 0 Å². The normalized spacial score (nSPS) is 14.3. The van der Waals surface area contributed by atoms with E-state index in [0.717, 1.165) is 11.1 Å². The standard InChI is InChI=1S/C16H22N2O2/c1-11(2)18-15(14(20-5)10-17-18)16(4,19)13-8-6-7-12(3)9-13/h6-11,19H,1-5H3. The molecule has 0 amide bonds. The molecule has 1 atom stereocenters. The molecule has 20 heavy (non-hydrogen) atoms. The van der Waals surface area contributed by atoms with Gasteiger partial charge in [0, 0.05) is 6.04 Å². The van der Waals surface area contributed by atoms with Crippen molar-refractivity contribution in [1.29, 1.82) is 0 Å². The summed E-state index contributed by atoms with van der Waals surface area (Å²) in [5.41, 5.74) is 1.47. The number of nitrogens with zero attached hydrogens (tertiary/aromatic N) is 2. The van der Waals surface area contributed by atoms with E-state index >= 15 is 0 Å². The van der Waals surface area contributed by atoms with Crippen LogP contribution in [0.2, 0.25) is 0 Å². The molecule has 0 aliphatic rings. The van der Waals surface area contributed by atoms with E-state index < -0.39 is 5.60 Å². The Hall–Kier alpha value is -1.81. The van der Waals surface area contributed by atoms with Gasteiger partial charge in [0.1, 0.15) is 11.3 Å². The summed E-state index contributed by atoms with van der Waals surface area (Å²) in [6, 6.07) is 8.00. The molecule has 0 bridgehead atoms. The molecule has 0 saturated heterocycles. The van der Waals surface area contributed by atoms with E-state index in [4.69, 9.17) is 4.74 Å². The van der Waals surface area contributed by atoms with Gasteiger partial charge in [0.05, 0.1) is 13.3 Å². The number of methoxy groups -OCH3 is 1. The van der Waals surface area contributed by atoms with Crippen LogP contribution < -0.4 is 4.74 Å². The first-order chi connectivity index (χ1) is 9.37. The zero-order valence-corrected chi connectivity index (χ0v) is 12.7. The number of hydrogen-bond acceptors (Lipinski definition) is 3. The van der Waals surface area contributed by atoms with E-state index in [1.807, 2.05) is 45.0 Å². The van der Waals surface area contributed by atoms with Crippen LogP contribution in [0.3, 0.4) is 0 Å². The van der Waals surface area contributed by atoms with Gasteiger partial charge in [-0.2, -0.15) is 5.10 Å². The number of hydrogen-bond donors (Lipinski definition) is 1. The molecule has 0 fully saturated rings. The van der Waals surface area contributed by atoms with Gasteiger partial charge in [-0.25, -0.2) is 0 Å². The highest BCUT2D eigenvalue weighted by molar-refractivity contribution is 5.40. The monoisotopic (exact) mass is 274 g/mol. The van der Waals surface area contributed by atoms with Crippen LogP contribution in [0.5, 0.6) is 5.75 Å². The molecule has 1 N–H and O–H groups in total. The Morgan fingerprint density at radius 3 is 2.60 bits per heavy atom. The predicted molar refractivity (Wildman–Crippen MR) is 79.0 cm³/mol. The summed E-state index contributed by atoms with van der Waals surface area (Å²) in [4.78, 5) is 0. The smallest absolute Gasteiger partial charge is 0.163 e. The Kier molecular flexibility index (Phi) is 3.86. The Morgan fingerprint density at radius 1 is 1.35 bits per heavy atom. The molecule has 0 aliphatic carbocycles. The van der Waals surface area contributed by atoms with Crippen LogP contribution in [0.1, 0.15) is 43.6 Å². The third kappa shape index (κ3) is 2.43. The molecule has 0 aliphatic heterocycles. The summed E-state index contributed by atoms with van der Waals surface area (Å²) in [6.07, 6.45) is 1.65. The highest BCUT2D eigenvalue weighted by Crippen LogP contribution is 2.36. The van der Waals surface area contributed by atoms with Crippen molar-refractivity contribution < 1.29 is 9.84 Å². The summed E-state index contributed by atoms with van der Waals surface area (Å²) < 4.78 is 7.18. The van der Waals surface area contributed by atoms with Gasteiger partial charge >= 0.3 is 0 Å². The first kappa shape index (κ1) is 14.6. The summed E-state index contributed by atoms with van der Waals surface area (Å²) in [6.45, 7) is 7.85. The molecular formula is C16H22N2O2. The Morgan fingerprint density at radius 2 is 2.05 bits per heavy atom. The molecule has 1 heterocycles. The lowest BCUT2D eigenvalue weighted by Crippen LogP contribution is -2.28. The lowest BCUT2D eigenvalue weighted by molar-refractivity contribution is 0.0867. The fraction of sp³-hybridized carbons (Fsp3) is 0.438. The third-order valence-corrected chi connectivity index (χ3v) is 3.51. The van der Waals surface area contributed by atoms with Gasteiger partial charge in [-0.05, 0) is 33.3 Å². The SMILES string of the molecule is COc1cnn(C(C)C)c1C(C)(O)c1cccc(C)c1. The van der Waals surface area contributed by atoms with E-state index in [2.05, 4.69) is 5.10 Å². The first-order valence-corrected chi connectivity index (χ1v) is 6.79. The Balaban J connectivity index is 2.61. The lowest BCUT2D eigenvalue weighted by Gasteiger charge is -2.27. The molecule has 4 nitrogen and oxygen atoms in total. The largest absolute Gasteiger partial charge is 0.493 e. The minimum atomic E-state index is -1.15. The lowest BCUT2D eigenvalue weighted by atomic mass is 9.90. The predicted octanol–water partition coefficient (Wildman–Crippen LogP) is 3.04. The van der Waals surface area contributed by atoms with Gasteiger partial charge in [0.15, 0.2) is 5.75 Å². The number of aromatic nitrogens is 2. The van der Waals surface area contributed by atoms with Crippen molar-refractivity contribution in [3.8, 4) is 5.75 Å². The van der Waals surface area contributed by atoms with E-state index in [1.165, 1.54) is 0 Å². The molecule has 4 heteroatoms. The topological polar surface area (TPSA) is 47.3 Å². The van der Waals surface area contributed by atoms with Crippen molar-refractivity contribution >= 4 is 0 Å². The van der Waals surface area contributed by atoms with E-state index in [9.17, 15) is 5.11 Å². The van der Waals surface area contributed by atoms with Crippen LogP contribution in [-0.4, -0.2) is 22.0 Å².